The van der Waals surface area contributed by atoms with Crippen LogP contribution in [0, 0.1) is 6.92 Å². The number of anilines is 1. The van der Waals surface area contributed by atoms with E-state index in [1.807, 2.05) is 19.1 Å². The lowest BCUT2D eigenvalue weighted by molar-refractivity contribution is -0.344. The Morgan fingerprint density at radius 1 is 1.06 bits per heavy atom. The molecular formula is C27H27F3N2O3Si. The lowest BCUT2D eigenvalue weighted by Crippen LogP contribution is -2.50. The molecule has 4 rings (SSSR count). The third kappa shape index (κ3) is 5.41. The highest BCUT2D eigenvalue weighted by Crippen LogP contribution is 2.42. The molecule has 0 radical (unpaired) electrons. The zero-order valence-corrected chi connectivity index (χ0v) is 21.4. The number of hydrogen-bond acceptors (Lipinski definition) is 3. The van der Waals surface area contributed by atoms with Gasteiger partial charge in [0.1, 0.15) is 14.0 Å². The van der Waals surface area contributed by atoms with Gasteiger partial charge in [-0.1, -0.05) is 50.3 Å². The third-order valence-corrected chi connectivity index (χ3v) is 9.72. The first-order chi connectivity index (χ1) is 16.8. The number of amides is 1. The van der Waals surface area contributed by atoms with E-state index in [4.69, 9.17) is 15.3 Å². The lowest BCUT2D eigenvalue weighted by Gasteiger charge is -2.38. The standard InChI is InChI=1S/C25H26N2OSi.C2HF3O2/c1-5-24(28)27-18-11-13-21-23(15-18)29(3,4)22-14-17(26)10-12-20(22)25(21)19-9-7-6-8-16(19)2;3-2(4,5)1(6)7/h6-15,26H,5H2,1-4H3,(H,27,28);(H,6,7). The Balaban J connectivity index is 0.000000454. The second-order valence-electron chi connectivity index (χ2n) is 9.07. The number of benzene rings is 2. The number of aliphatic carboxylic acids is 1. The molecule has 9 heteroatoms. The van der Waals surface area contributed by atoms with Crippen LogP contribution in [0.3, 0.4) is 0 Å². The van der Waals surface area contributed by atoms with Crippen molar-refractivity contribution in [1.82, 2.24) is 0 Å². The van der Waals surface area contributed by atoms with Gasteiger partial charge >= 0.3 is 6.18 Å². The molecule has 0 saturated heterocycles. The number of halogens is 3. The zero-order chi connectivity index (χ0) is 26.8. The number of alkyl halides is 3. The minimum Gasteiger partial charge on any atom is -0.542 e. The second-order valence-corrected chi connectivity index (χ2v) is 13.4. The molecule has 1 heterocycles. The van der Waals surface area contributed by atoms with Crippen molar-refractivity contribution in [3.05, 3.63) is 88.2 Å². The third-order valence-electron chi connectivity index (χ3n) is 6.20. The smallest absolute Gasteiger partial charge is 0.430 e. The molecule has 0 aromatic heterocycles. The van der Waals surface area contributed by atoms with Gasteiger partial charge in [0.15, 0.2) is 5.71 Å². The molecular weight excluding hydrogens is 485 g/mol. The number of carbonyl (C=O) groups excluding carboxylic acids is 2. The predicted octanol–water partition coefficient (Wildman–Crippen LogP) is 2.61. The van der Waals surface area contributed by atoms with E-state index in [1.165, 1.54) is 38.2 Å². The summed E-state index contributed by atoms with van der Waals surface area (Å²) < 4.78 is 31.5. The quantitative estimate of drug-likeness (QED) is 0.619. The summed E-state index contributed by atoms with van der Waals surface area (Å²) in [7, 11) is -2.00. The van der Waals surface area contributed by atoms with Crippen molar-refractivity contribution in [1.29, 1.82) is 0 Å². The molecule has 0 bridgehead atoms. The van der Waals surface area contributed by atoms with Crippen molar-refractivity contribution in [2.24, 2.45) is 0 Å². The largest absolute Gasteiger partial charge is 0.542 e. The van der Waals surface area contributed by atoms with E-state index in [1.54, 1.807) is 0 Å². The number of nitrogens with one attached hydrogen (secondary N) is 1. The van der Waals surface area contributed by atoms with E-state index in [0.29, 0.717) is 6.42 Å². The predicted molar refractivity (Wildman–Crippen MR) is 135 cm³/mol. The Morgan fingerprint density at radius 3 is 2.28 bits per heavy atom. The number of hydrogen-bond donors (Lipinski definition) is 2. The fourth-order valence-electron chi connectivity index (χ4n) is 4.34. The van der Waals surface area contributed by atoms with E-state index >= 15 is 0 Å². The highest BCUT2D eigenvalue weighted by atomic mass is 28.3. The number of carboxylic acid groups (broad SMARTS) is 1. The maximum atomic E-state index is 12.0. The molecule has 3 N–H and O–H groups in total. The van der Waals surface area contributed by atoms with Crippen molar-refractivity contribution >= 4 is 42.1 Å². The number of nitrogens with two attached hydrogens (primary N) is 1. The Hall–Kier alpha value is -3.72. The van der Waals surface area contributed by atoms with Gasteiger partial charge in [-0.15, -0.1) is 0 Å². The molecule has 188 valence electrons. The van der Waals surface area contributed by atoms with Crippen molar-refractivity contribution in [2.45, 2.75) is 39.5 Å². The van der Waals surface area contributed by atoms with Crippen LogP contribution in [-0.4, -0.2) is 31.8 Å². The first-order valence-corrected chi connectivity index (χ1v) is 14.3. The number of carbonyl (C=O) groups is 2. The summed E-state index contributed by atoms with van der Waals surface area (Å²) >= 11 is 0. The highest BCUT2D eigenvalue weighted by molar-refractivity contribution is 6.98. The molecule has 1 amide bonds. The minimum atomic E-state index is -5.19. The van der Waals surface area contributed by atoms with Gasteiger partial charge < -0.3 is 15.2 Å². The zero-order valence-electron chi connectivity index (χ0n) is 20.4. The number of aryl methyl sites for hydroxylation is 1. The van der Waals surface area contributed by atoms with Crippen LogP contribution in [0.4, 0.5) is 18.9 Å². The molecule has 2 aromatic carbocycles. The fourth-order valence-corrected chi connectivity index (χ4v) is 7.43. The number of carboxylic acids is 1. The van der Waals surface area contributed by atoms with Crippen molar-refractivity contribution in [3.63, 3.8) is 0 Å². The van der Waals surface area contributed by atoms with E-state index < -0.39 is 20.2 Å². The van der Waals surface area contributed by atoms with E-state index in [-0.39, 0.29) is 5.91 Å². The van der Waals surface area contributed by atoms with Gasteiger partial charge in [0, 0.05) is 24.3 Å². The number of fused-ring (bicyclic) bond motifs is 2. The van der Waals surface area contributed by atoms with E-state index in [9.17, 15) is 18.0 Å². The van der Waals surface area contributed by atoms with Crippen LogP contribution in [0.5, 0.6) is 0 Å². The summed E-state index contributed by atoms with van der Waals surface area (Å²) in [5, 5.41) is 20.7. The summed E-state index contributed by atoms with van der Waals surface area (Å²) in [6.07, 6.45) is 1.61. The summed E-state index contributed by atoms with van der Waals surface area (Å²) in [4.78, 5) is 20.7. The van der Waals surface area contributed by atoms with Gasteiger partial charge in [-0.2, -0.15) is 13.2 Å². The average Bonchev–Trinajstić information content (AvgIpc) is 2.81. The molecule has 0 spiro atoms. The maximum Gasteiger partial charge on any atom is 0.430 e. The Labute approximate surface area is 208 Å². The molecule has 0 fully saturated rings. The molecule has 2 aliphatic rings. The number of rotatable bonds is 3. The van der Waals surface area contributed by atoms with Gasteiger partial charge in [-0.05, 0) is 63.4 Å². The molecule has 1 aliphatic carbocycles. The van der Waals surface area contributed by atoms with Crippen LogP contribution in [0.25, 0.3) is 5.57 Å². The normalized spacial score (nSPS) is 15.8. The Morgan fingerprint density at radius 2 is 1.69 bits per heavy atom. The molecule has 0 atom stereocenters. The molecule has 0 saturated carbocycles. The van der Waals surface area contributed by atoms with Crippen molar-refractivity contribution < 1.29 is 33.3 Å². The van der Waals surface area contributed by atoms with Crippen LogP contribution < -0.4 is 21.0 Å². The average molecular weight is 513 g/mol. The lowest BCUT2D eigenvalue weighted by atomic mass is 9.87. The minimum absolute atomic E-state index is 0.0352. The van der Waals surface area contributed by atoms with Gasteiger partial charge in [0.2, 0.25) is 5.91 Å². The Kier molecular flexibility index (Phi) is 7.54. The van der Waals surface area contributed by atoms with Crippen molar-refractivity contribution in [2.75, 3.05) is 5.32 Å². The van der Waals surface area contributed by atoms with Crippen LogP contribution in [0.2, 0.25) is 13.1 Å². The summed E-state index contributed by atoms with van der Waals surface area (Å²) in [6, 6.07) is 14.9. The Bertz CT molecular complexity index is 1340. The maximum absolute atomic E-state index is 12.0. The molecule has 5 nitrogen and oxygen atoms in total. The van der Waals surface area contributed by atoms with Crippen LogP contribution >= 0.6 is 0 Å². The summed E-state index contributed by atoms with van der Waals surface area (Å²) in [5.41, 5.74) is 7.97. The molecule has 36 heavy (non-hydrogen) atoms. The SMILES string of the molecule is CCC(=O)Nc1ccc2c(c1)[Si](C)(C)C1=CC(=[NH2+])C=CC1=C2c1ccccc1C.O=C([O-])C(F)(F)F. The second kappa shape index (κ2) is 10.1. The van der Waals surface area contributed by atoms with E-state index in [0.717, 1.165) is 11.4 Å². The first-order valence-electron chi connectivity index (χ1n) is 11.3. The van der Waals surface area contributed by atoms with Gasteiger partial charge in [0.25, 0.3) is 0 Å². The molecule has 0 unspecified atom stereocenters. The van der Waals surface area contributed by atoms with E-state index in [2.05, 4.69) is 73.9 Å². The first kappa shape index (κ1) is 26.9. The van der Waals surface area contributed by atoms with Gasteiger partial charge in [-0.25, -0.2) is 0 Å². The molecule has 1 aliphatic heterocycles. The van der Waals surface area contributed by atoms with Gasteiger partial charge in [0.05, 0.1) is 0 Å². The van der Waals surface area contributed by atoms with Crippen LogP contribution in [0.1, 0.15) is 30.0 Å². The fraction of sp³-hybridized carbons (Fsp3) is 0.222. The molecule has 2 aromatic rings. The highest BCUT2D eigenvalue weighted by Gasteiger charge is 2.40. The van der Waals surface area contributed by atoms with Crippen molar-refractivity contribution in [3.8, 4) is 0 Å². The monoisotopic (exact) mass is 512 g/mol. The topological polar surface area (TPSA) is 94.8 Å². The number of allylic oxidation sites excluding steroid dienone is 5. The van der Waals surface area contributed by atoms with Gasteiger partial charge in [-0.3, -0.25) is 10.2 Å². The van der Waals surface area contributed by atoms with Crippen LogP contribution in [-0.2, 0) is 9.59 Å². The summed E-state index contributed by atoms with van der Waals surface area (Å²) in [5.74, 6) is -2.97. The van der Waals surface area contributed by atoms with Crippen LogP contribution in [0.15, 0.2) is 71.5 Å². The summed E-state index contributed by atoms with van der Waals surface area (Å²) in [6.45, 7) is 8.76.